The molecule has 1 heterocycles. The molecule has 1 saturated heterocycles. The van der Waals surface area contributed by atoms with Crippen molar-refractivity contribution in [3.05, 3.63) is 0 Å². The van der Waals surface area contributed by atoms with E-state index in [0.29, 0.717) is 13.1 Å². The Balaban J connectivity index is 2.53. The first-order valence-corrected chi connectivity index (χ1v) is 7.04. The third kappa shape index (κ3) is 4.46. The predicted octanol–water partition coefficient (Wildman–Crippen LogP) is 1.24. The Hall–Kier alpha value is -0.910. The van der Waals surface area contributed by atoms with Gasteiger partial charge in [0.15, 0.2) is 0 Å². The molecule has 5 nitrogen and oxygen atoms in total. The van der Waals surface area contributed by atoms with E-state index in [1.165, 1.54) is 0 Å². The number of nitrogens with one attached hydrogen (secondary N) is 1. The van der Waals surface area contributed by atoms with Crippen LogP contribution in [0, 0.1) is 5.92 Å². The van der Waals surface area contributed by atoms with E-state index in [0.717, 1.165) is 17.9 Å². The molecule has 0 radical (unpaired) electrons. The maximum absolute atomic E-state index is 11.9. The summed E-state index contributed by atoms with van der Waals surface area (Å²) in [5, 5.41) is 11.6. The smallest absolute Gasteiger partial charge is 0.326 e. The Morgan fingerprint density at radius 1 is 1.29 bits per heavy atom. The molecule has 0 aromatic carbocycles. The number of hydrogen-bond donors (Lipinski definition) is 2. The summed E-state index contributed by atoms with van der Waals surface area (Å²) in [6.45, 7) is 4.99. The van der Waals surface area contributed by atoms with Crippen molar-refractivity contribution < 1.29 is 14.7 Å². The molecule has 1 aliphatic heterocycles. The highest BCUT2D eigenvalue weighted by molar-refractivity contribution is 7.99. The number of amides is 2. The molecule has 0 aromatic heterocycles. The van der Waals surface area contributed by atoms with Crippen molar-refractivity contribution in [3.8, 4) is 0 Å². The lowest BCUT2D eigenvalue weighted by atomic mass is 10.1. The molecule has 0 spiro atoms. The van der Waals surface area contributed by atoms with Crippen LogP contribution >= 0.6 is 11.8 Å². The molecule has 0 aromatic rings. The van der Waals surface area contributed by atoms with Crippen LogP contribution in [-0.2, 0) is 4.79 Å². The minimum absolute atomic E-state index is 0.113. The fourth-order valence-corrected chi connectivity index (χ4v) is 2.57. The summed E-state index contributed by atoms with van der Waals surface area (Å²) in [5.41, 5.74) is 0. The van der Waals surface area contributed by atoms with Crippen LogP contribution in [0.3, 0.4) is 0 Å². The summed E-state index contributed by atoms with van der Waals surface area (Å²) < 4.78 is 0. The number of carbonyl (C=O) groups is 2. The van der Waals surface area contributed by atoms with Crippen LogP contribution in [0.1, 0.15) is 20.3 Å². The van der Waals surface area contributed by atoms with Crippen molar-refractivity contribution in [1.82, 2.24) is 10.2 Å². The molecule has 98 valence electrons. The molecule has 0 unspecified atom stereocenters. The average molecular weight is 260 g/mol. The van der Waals surface area contributed by atoms with Gasteiger partial charge in [-0.05, 0) is 18.1 Å². The van der Waals surface area contributed by atoms with Crippen LogP contribution in [0.25, 0.3) is 0 Å². The third-order valence-electron chi connectivity index (χ3n) is 2.72. The van der Waals surface area contributed by atoms with Crippen LogP contribution in [0.2, 0.25) is 0 Å². The molecule has 0 aliphatic carbocycles. The highest BCUT2D eigenvalue weighted by atomic mass is 32.2. The second-order valence-electron chi connectivity index (χ2n) is 4.46. The second kappa shape index (κ2) is 6.74. The number of thioether (sulfide) groups is 1. The summed E-state index contributed by atoms with van der Waals surface area (Å²) in [7, 11) is 0. The molecule has 1 aliphatic rings. The zero-order valence-corrected chi connectivity index (χ0v) is 11.1. The summed E-state index contributed by atoms with van der Waals surface area (Å²) in [4.78, 5) is 24.6. The lowest BCUT2D eigenvalue weighted by Crippen LogP contribution is -2.50. The first kappa shape index (κ1) is 14.2. The Kier molecular flexibility index (Phi) is 5.61. The molecule has 0 bridgehead atoms. The minimum Gasteiger partial charge on any atom is -0.480 e. The predicted molar refractivity (Wildman–Crippen MR) is 68.3 cm³/mol. The van der Waals surface area contributed by atoms with Crippen LogP contribution in [0.5, 0.6) is 0 Å². The molecule has 17 heavy (non-hydrogen) atoms. The maximum atomic E-state index is 11.9. The Bertz CT molecular complexity index is 276. The van der Waals surface area contributed by atoms with Crippen molar-refractivity contribution >= 4 is 23.8 Å². The Labute approximate surface area is 106 Å². The molecule has 1 fully saturated rings. The van der Waals surface area contributed by atoms with E-state index in [9.17, 15) is 9.59 Å². The fourth-order valence-electron chi connectivity index (χ4n) is 1.69. The number of urea groups is 1. The molecular weight excluding hydrogens is 240 g/mol. The molecule has 1 rings (SSSR count). The number of carboxylic acid groups (broad SMARTS) is 1. The first-order chi connectivity index (χ1) is 8.02. The normalized spacial score (nSPS) is 18.6. The summed E-state index contributed by atoms with van der Waals surface area (Å²) in [6, 6.07) is -1.06. The van der Waals surface area contributed by atoms with Gasteiger partial charge in [0.25, 0.3) is 0 Å². The number of nitrogens with zero attached hydrogens (tertiary/aromatic N) is 1. The van der Waals surface area contributed by atoms with Gasteiger partial charge in [0.05, 0.1) is 0 Å². The van der Waals surface area contributed by atoms with Gasteiger partial charge in [0.1, 0.15) is 6.04 Å². The van der Waals surface area contributed by atoms with Crippen molar-refractivity contribution in [2.24, 2.45) is 5.92 Å². The number of carboxylic acids is 1. The molecule has 2 N–H and O–H groups in total. The van der Waals surface area contributed by atoms with Crippen LogP contribution in [0.4, 0.5) is 4.79 Å². The van der Waals surface area contributed by atoms with E-state index in [2.05, 4.69) is 5.32 Å². The van der Waals surface area contributed by atoms with Gasteiger partial charge in [0, 0.05) is 18.8 Å². The van der Waals surface area contributed by atoms with Crippen LogP contribution in [0.15, 0.2) is 0 Å². The SMILES string of the molecule is CC(C)[C@@H](NC(=O)N1CCCSCC1)C(=O)O. The number of rotatable bonds is 3. The number of carbonyl (C=O) groups excluding carboxylic acids is 1. The van der Waals surface area contributed by atoms with Gasteiger partial charge in [-0.25, -0.2) is 9.59 Å². The summed E-state index contributed by atoms with van der Waals surface area (Å²) in [6.07, 6.45) is 0.970. The van der Waals surface area contributed by atoms with Gasteiger partial charge in [-0.1, -0.05) is 13.8 Å². The van der Waals surface area contributed by atoms with E-state index in [1.807, 2.05) is 11.8 Å². The molecule has 0 saturated carbocycles. The van der Waals surface area contributed by atoms with Crippen LogP contribution < -0.4 is 5.32 Å². The van der Waals surface area contributed by atoms with E-state index in [1.54, 1.807) is 18.7 Å². The van der Waals surface area contributed by atoms with Crippen molar-refractivity contribution in [1.29, 1.82) is 0 Å². The van der Waals surface area contributed by atoms with Gasteiger partial charge < -0.3 is 15.3 Å². The van der Waals surface area contributed by atoms with Crippen molar-refractivity contribution in [2.75, 3.05) is 24.6 Å². The molecular formula is C11H20N2O3S. The van der Waals surface area contributed by atoms with Crippen molar-refractivity contribution in [3.63, 3.8) is 0 Å². The molecule has 6 heteroatoms. The third-order valence-corrected chi connectivity index (χ3v) is 3.77. The molecule has 2 amide bonds. The van der Waals surface area contributed by atoms with Gasteiger partial charge in [-0.3, -0.25) is 0 Å². The zero-order valence-electron chi connectivity index (χ0n) is 10.3. The van der Waals surface area contributed by atoms with Gasteiger partial charge in [0.2, 0.25) is 0 Å². The van der Waals surface area contributed by atoms with Crippen LogP contribution in [-0.4, -0.2) is 52.6 Å². The number of aliphatic carboxylic acids is 1. The lowest BCUT2D eigenvalue weighted by Gasteiger charge is -2.25. The minimum atomic E-state index is -0.974. The maximum Gasteiger partial charge on any atom is 0.326 e. The van der Waals surface area contributed by atoms with E-state index < -0.39 is 12.0 Å². The summed E-state index contributed by atoms with van der Waals surface area (Å²) in [5.74, 6) is 0.902. The Morgan fingerprint density at radius 3 is 2.59 bits per heavy atom. The number of hydrogen-bond acceptors (Lipinski definition) is 3. The standard InChI is InChI=1S/C11H20N2O3S/c1-8(2)9(10(14)15)12-11(16)13-4-3-6-17-7-5-13/h8-9H,3-7H2,1-2H3,(H,12,16)(H,14,15)/t9-/m1/s1. The monoisotopic (exact) mass is 260 g/mol. The molecule has 1 atom stereocenters. The highest BCUT2D eigenvalue weighted by Gasteiger charge is 2.26. The van der Waals surface area contributed by atoms with Crippen molar-refractivity contribution in [2.45, 2.75) is 26.3 Å². The lowest BCUT2D eigenvalue weighted by molar-refractivity contribution is -0.140. The second-order valence-corrected chi connectivity index (χ2v) is 5.69. The van der Waals surface area contributed by atoms with Gasteiger partial charge >= 0.3 is 12.0 Å². The topological polar surface area (TPSA) is 69.6 Å². The quantitative estimate of drug-likeness (QED) is 0.801. The van der Waals surface area contributed by atoms with Gasteiger partial charge in [-0.15, -0.1) is 0 Å². The first-order valence-electron chi connectivity index (χ1n) is 5.88. The fraction of sp³-hybridized carbons (Fsp3) is 0.818. The Morgan fingerprint density at radius 2 is 2.00 bits per heavy atom. The van der Waals surface area contributed by atoms with E-state index >= 15 is 0 Å². The highest BCUT2D eigenvalue weighted by Crippen LogP contribution is 2.10. The van der Waals surface area contributed by atoms with E-state index in [4.69, 9.17) is 5.11 Å². The summed E-state index contributed by atoms with van der Waals surface area (Å²) >= 11 is 1.83. The average Bonchev–Trinajstić information content (AvgIpc) is 2.52. The largest absolute Gasteiger partial charge is 0.480 e. The van der Waals surface area contributed by atoms with Gasteiger partial charge in [-0.2, -0.15) is 11.8 Å². The van der Waals surface area contributed by atoms with E-state index in [-0.39, 0.29) is 11.9 Å². The zero-order chi connectivity index (χ0) is 12.8.